The Hall–Kier alpha value is -0.480. The summed E-state index contributed by atoms with van der Waals surface area (Å²) in [5.41, 5.74) is -0.474. The third-order valence-electron chi connectivity index (χ3n) is 2.54. The molecule has 90 valence electrons. The van der Waals surface area contributed by atoms with Crippen LogP contribution in [0, 0.1) is 17.0 Å². The lowest BCUT2D eigenvalue weighted by atomic mass is 9.85. The van der Waals surface area contributed by atoms with Gasteiger partial charge in [0.05, 0.1) is 10.6 Å². The van der Waals surface area contributed by atoms with Crippen LogP contribution in [-0.4, -0.2) is 11.2 Å². The van der Waals surface area contributed by atoms with Crippen molar-refractivity contribution in [3.63, 3.8) is 0 Å². The van der Waals surface area contributed by atoms with Crippen molar-refractivity contribution in [2.75, 3.05) is 0 Å². The van der Waals surface area contributed by atoms with Crippen LogP contribution < -0.4 is 0 Å². The molecule has 1 nitrogen and oxygen atoms in total. The minimum Gasteiger partial charge on any atom is -0.392 e. The van der Waals surface area contributed by atoms with E-state index in [9.17, 15) is 13.9 Å². The first kappa shape index (κ1) is 13.6. The average Bonchev–Trinajstić information content (AvgIpc) is 2.17. The van der Waals surface area contributed by atoms with Crippen LogP contribution in [0.4, 0.5) is 8.78 Å². The zero-order valence-electron chi connectivity index (χ0n) is 9.52. The van der Waals surface area contributed by atoms with Gasteiger partial charge < -0.3 is 5.11 Å². The Morgan fingerprint density at radius 3 is 2.38 bits per heavy atom. The van der Waals surface area contributed by atoms with Gasteiger partial charge in [-0.1, -0.05) is 20.8 Å². The van der Waals surface area contributed by atoms with Crippen molar-refractivity contribution in [2.24, 2.45) is 5.41 Å². The molecule has 16 heavy (non-hydrogen) atoms. The van der Waals surface area contributed by atoms with Gasteiger partial charge in [0.25, 0.3) is 0 Å². The van der Waals surface area contributed by atoms with E-state index in [0.29, 0.717) is 0 Å². The molecule has 0 saturated heterocycles. The van der Waals surface area contributed by atoms with E-state index in [-0.39, 0.29) is 16.5 Å². The van der Waals surface area contributed by atoms with Gasteiger partial charge in [0.1, 0.15) is 11.6 Å². The van der Waals surface area contributed by atoms with Crippen molar-refractivity contribution in [1.29, 1.82) is 0 Å². The van der Waals surface area contributed by atoms with Gasteiger partial charge in [0, 0.05) is 12.0 Å². The normalized spacial score (nSPS) is 13.9. The van der Waals surface area contributed by atoms with Gasteiger partial charge in [-0.2, -0.15) is 0 Å². The molecule has 0 fully saturated rings. The molecule has 0 aliphatic heterocycles. The molecule has 4 heteroatoms. The highest BCUT2D eigenvalue weighted by Gasteiger charge is 2.25. The molecule has 0 aromatic heterocycles. The summed E-state index contributed by atoms with van der Waals surface area (Å²) < 4.78 is 27.2. The van der Waals surface area contributed by atoms with E-state index in [1.165, 1.54) is 12.1 Å². The lowest BCUT2D eigenvalue weighted by Gasteiger charge is -2.26. The first-order chi connectivity index (χ1) is 7.23. The summed E-state index contributed by atoms with van der Waals surface area (Å²) in [7, 11) is 0. The number of halogens is 3. The van der Waals surface area contributed by atoms with Gasteiger partial charge in [-0.05, 0) is 33.5 Å². The second-order valence-corrected chi connectivity index (χ2v) is 5.76. The van der Waals surface area contributed by atoms with Gasteiger partial charge in [-0.25, -0.2) is 8.78 Å². The Morgan fingerprint density at radius 1 is 1.31 bits per heavy atom. The van der Waals surface area contributed by atoms with Crippen molar-refractivity contribution < 1.29 is 13.9 Å². The van der Waals surface area contributed by atoms with Crippen LogP contribution in [0.5, 0.6) is 0 Å². The van der Waals surface area contributed by atoms with Gasteiger partial charge in [-0.15, -0.1) is 0 Å². The van der Waals surface area contributed by atoms with Crippen LogP contribution in [0.15, 0.2) is 16.6 Å². The number of hydrogen-bond acceptors (Lipinski definition) is 1. The standard InChI is InChI=1S/C12H15BrF2O/c1-12(2,3)10(16)6-7-9(14)5-4-8(13)11(7)15/h4-5,10,16H,6H2,1-3H3. The van der Waals surface area contributed by atoms with Crippen molar-refractivity contribution in [3.05, 3.63) is 33.8 Å². The molecule has 1 atom stereocenters. The summed E-state index contributed by atoms with van der Waals surface area (Å²) in [6.07, 6.45) is -0.813. The fourth-order valence-electron chi connectivity index (χ4n) is 1.26. The SMILES string of the molecule is CC(C)(C)C(O)Cc1c(F)ccc(Br)c1F. The van der Waals surface area contributed by atoms with Crippen molar-refractivity contribution >= 4 is 15.9 Å². The van der Waals surface area contributed by atoms with Gasteiger partial charge in [0.15, 0.2) is 0 Å². The van der Waals surface area contributed by atoms with E-state index in [4.69, 9.17) is 0 Å². The van der Waals surface area contributed by atoms with E-state index in [0.717, 1.165) is 0 Å². The van der Waals surface area contributed by atoms with E-state index in [2.05, 4.69) is 15.9 Å². The molecular weight excluding hydrogens is 278 g/mol. The van der Waals surface area contributed by atoms with Crippen molar-refractivity contribution in [1.82, 2.24) is 0 Å². The smallest absolute Gasteiger partial charge is 0.143 e. The topological polar surface area (TPSA) is 20.2 Å². The molecule has 0 radical (unpaired) electrons. The number of aliphatic hydroxyl groups is 1. The molecule has 0 amide bonds. The number of rotatable bonds is 2. The Morgan fingerprint density at radius 2 is 1.88 bits per heavy atom. The first-order valence-corrected chi connectivity index (χ1v) is 5.83. The van der Waals surface area contributed by atoms with Crippen LogP contribution in [0.2, 0.25) is 0 Å². The van der Waals surface area contributed by atoms with E-state index in [1.807, 2.05) is 20.8 Å². The minimum atomic E-state index is -0.786. The number of benzene rings is 1. The maximum absolute atomic E-state index is 13.6. The molecule has 0 heterocycles. The third kappa shape index (κ3) is 3.01. The molecule has 1 aromatic carbocycles. The molecule has 0 bridgehead atoms. The number of hydrogen-bond donors (Lipinski definition) is 1. The van der Waals surface area contributed by atoms with E-state index >= 15 is 0 Å². The van der Waals surface area contributed by atoms with Crippen LogP contribution >= 0.6 is 15.9 Å². The molecule has 0 spiro atoms. The van der Waals surface area contributed by atoms with Gasteiger partial charge >= 0.3 is 0 Å². The van der Waals surface area contributed by atoms with Crippen molar-refractivity contribution in [3.8, 4) is 0 Å². The summed E-state index contributed by atoms with van der Waals surface area (Å²) >= 11 is 3.00. The lowest BCUT2D eigenvalue weighted by Crippen LogP contribution is -2.28. The highest BCUT2D eigenvalue weighted by atomic mass is 79.9. The van der Waals surface area contributed by atoms with Crippen LogP contribution in [0.1, 0.15) is 26.3 Å². The Bertz CT molecular complexity index is 385. The Kier molecular flexibility index (Phi) is 4.07. The summed E-state index contributed by atoms with van der Waals surface area (Å²) in [6, 6.07) is 2.51. The van der Waals surface area contributed by atoms with E-state index in [1.54, 1.807) is 0 Å². The molecule has 0 aliphatic rings. The lowest BCUT2D eigenvalue weighted by molar-refractivity contribution is 0.0620. The van der Waals surface area contributed by atoms with Crippen molar-refractivity contribution in [2.45, 2.75) is 33.3 Å². The zero-order chi connectivity index (χ0) is 12.5. The summed E-state index contributed by atoms with van der Waals surface area (Å²) in [5, 5.41) is 9.83. The minimum absolute atomic E-state index is 0.0272. The molecule has 1 N–H and O–H groups in total. The third-order valence-corrected chi connectivity index (χ3v) is 3.15. The monoisotopic (exact) mass is 292 g/mol. The maximum Gasteiger partial charge on any atom is 0.143 e. The summed E-state index contributed by atoms with van der Waals surface area (Å²) in [4.78, 5) is 0. The fourth-order valence-corrected chi connectivity index (χ4v) is 1.63. The van der Waals surface area contributed by atoms with Gasteiger partial charge in [-0.3, -0.25) is 0 Å². The largest absolute Gasteiger partial charge is 0.392 e. The number of aliphatic hydroxyl groups excluding tert-OH is 1. The highest BCUT2D eigenvalue weighted by molar-refractivity contribution is 9.10. The zero-order valence-corrected chi connectivity index (χ0v) is 11.1. The molecule has 1 aromatic rings. The summed E-state index contributed by atoms with van der Waals surface area (Å²) in [6.45, 7) is 5.47. The first-order valence-electron chi connectivity index (χ1n) is 5.04. The van der Waals surface area contributed by atoms with Crippen LogP contribution in [0.3, 0.4) is 0 Å². The Balaban J connectivity index is 3.02. The maximum atomic E-state index is 13.6. The predicted molar refractivity (Wildman–Crippen MR) is 63.2 cm³/mol. The second kappa shape index (κ2) is 4.80. The molecular formula is C12H15BrF2O. The highest BCUT2D eigenvalue weighted by Crippen LogP contribution is 2.27. The molecule has 1 rings (SSSR count). The van der Waals surface area contributed by atoms with E-state index < -0.39 is 23.2 Å². The summed E-state index contributed by atoms with van der Waals surface area (Å²) in [5.74, 6) is -1.26. The predicted octanol–water partition coefficient (Wildman–Crippen LogP) is 3.68. The molecule has 1 unspecified atom stereocenters. The molecule has 0 aliphatic carbocycles. The molecule has 0 saturated carbocycles. The van der Waals surface area contributed by atoms with Crippen LogP contribution in [0.25, 0.3) is 0 Å². The Labute approximate surface area is 103 Å². The second-order valence-electron chi connectivity index (χ2n) is 4.91. The quantitative estimate of drug-likeness (QED) is 0.825. The average molecular weight is 293 g/mol. The van der Waals surface area contributed by atoms with Crippen LogP contribution in [-0.2, 0) is 6.42 Å². The fraction of sp³-hybridized carbons (Fsp3) is 0.500. The van der Waals surface area contributed by atoms with Gasteiger partial charge in [0.2, 0.25) is 0 Å².